The fourth-order valence-electron chi connectivity index (χ4n) is 1.22. The summed E-state index contributed by atoms with van der Waals surface area (Å²) in [5.41, 5.74) is 0. The van der Waals surface area contributed by atoms with Crippen LogP contribution in [0.3, 0.4) is 0 Å². The summed E-state index contributed by atoms with van der Waals surface area (Å²) in [6.07, 6.45) is 0.954. The van der Waals surface area contributed by atoms with Crippen LogP contribution >= 0.6 is 11.6 Å². The molecule has 0 aromatic carbocycles. The molecular weight excluding hydrogens is 186 g/mol. The van der Waals surface area contributed by atoms with Gasteiger partial charge in [0.15, 0.2) is 0 Å². The molecule has 1 unspecified atom stereocenters. The summed E-state index contributed by atoms with van der Waals surface area (Å²) >= 11 is 5.29. The Balaban J connectivity index is 2.64. The third-order valence-electron chi connectivity index (χ3n) is 1.92. The predicted octanol–water partition coefficient (Wildman–Crippen LogP) is 0.854. The first-order valence-corrected chi connectivity index (χ1v) is 5.74. The second-order valence-electron chi connectivity index (χ2n) is 2.97. The quantitative estimate of drug-likeness (QED) is 0.616. The van der Waals surface area contributed by atoms with Crippen LogP contribution in [0.2, 0.25) is 0 Å². The minimum atomic E-state index is -3.13. The van der Waals surface area contributed by atoms with Crippen LogP contribution < -0.4 is 0 Å². The fourth-order valence-corrected chi connectivity index (χ4v) is 2.63. The average molecular weight is 198 g/mol. The monoisotopic (exact) mass is 197 g/mol. The van der Waals surface area contributed by atoms with E-state index in [0.29, 0.717) is 19.0 Å². The summed E-state index contributed by atoms with van der Waals surface area (Å²) in [6.45, 7) is 3.31. The molecule has 0 N–H and O–H groups in total. The highest BCUT2D eigenvalue weighted by molar-refractivity contribution is 7.90. The van der Waals surface area contributed by atoms with Gasteiger partial charge in [0.25, 0.3) is 0 Å². The Morgan fingerprint density at radius 3 is 2.64 bits per heavy atom. The molecule has 11 heavy (non-hydrogen) atoms. The van der Waals surface area contributed by atoms with Crippen molar-refractivity contribution in [2.75, 3.05) is 18.3 Å². The van der Waals surface area contributed by atoms with E-state index in [1.165, 1.54) is 4.31 Å². The van der Waals surface area contributed by atoms with Crippen molar-refractivity contribution >= 4 is 21.6 Å². The van der Waals surface area contributed by atoms with Crippen LogP contribution in [0.15, 0.2) is 0 Å². The van der Waals surface area contributed by atoms with Gasteiger partial charge >= 0.3 is 0 Å². The van der Waals surface area contributed by atoms with E-state index in [0.717, 1.165) is 6.42 Å². The molecule has 1 aliphatic rings. The summed E-state index contributed by atoms with van der Waals surface area (Å²) < 4.78 is 23.7. The van der Waals surface area contributed by atoms with E-state index in [-0.39, 0.29) is 5.21 Å². The SMILES string of the molecule is CC1CCN(S(=O)(=O)CCl)C1. The Bertz CT molecular complexity index is 227. The zero-order valence-electron chi connectivity index (χ0n) is 6.46. The first-order valence-electron chi connectivity index (χ1n) is 3.60. The maximum atomic E-state index is 11.1. The lowest BCUT2D eigenvalue weighted by Gasteiger charge is -2.12. The smallest absolute Gasteiger partial charge is 0.211 e. The van der Waals surface area contributed by atoms with Gasteiger partial charge in [-0.1, -0.05) is 6.92 Å². The minimum Gasteiger partial charge on any atom is -0.211 e. The summed E-state index contributed by atoms with van der Waals surface area (Å²) in [5.74, 6) is 0.480. The molecule has 66 valence electrons. The summed E-state index contributed by atoms with van der Waals surface area (Å²) in [7, 11) is -3.13. The standard InChI is InChI=1S/C6H12ClNO2S/c1-6-2-3-8(4-6)11(9,10)5-7/h6H,2-5H2,1H3. The van der Waals surface area contributed by atoms with Crippen molar-refractivity contribution in [1.29, 1.82) is 0 Å². The Hall–Kier alpha value is 0.200. The van der Waals surface area contributed by atoms with E-state index in [1.807, 2.05) is 6.92 Å². The van der Waals surface area contributed by atoms with Crippen LogP contribution in [0.1, 0.15) is 13.3 Å². The molecule has 0 aromatic heterocycles. The number of hydrogen-bond acceptors (Lipinski definition) is 2. The van der Waals surface area contributed by atoms with E-state index in [1.54, 1.807) is 0 Å². The number of rotatable bonds is 2. The molecule has 1 saturated heterocycles. The Morgan fingerprint density at radius 2 is 2.27 bits per heavy atom. The largest absolute Gasteiger partial charge is 0.228 e. The molecule has 0 bridgehead atoms. The van der Waals surface area contributed by atoms with Gasteiger partial charge in [0.1, 0.15) is 5.21 Å². The molecule has 1 atom stereocenters. The van der Waals surface area contributed by atoms with Crippen LogP contribution in [0.4, 0.5) is 0 Å². The third-order valence-corrected chi connectivity index (χ3v) is 4.14. The van der Waals surface area contributed by atoms with E-state index in [9.17, 15) is 8.42 Å². The molecule has 0 radical (unpaired) electrons. The Morgan fingerprint density at radius 1 is 1.64 bits per heavy atom. The number of nitrogens with zero attached hydrogens (tertiary/aromatic N) is 1. The Labute approximate surface area is 72.4 Å². The molecule has 3 nitrogen and oxygen atoms in total. The molecule has 1 rings (SSSR count). The van der Waals surface area contributed by atoms with Crippen LogP contribution in [0, 0.1) is 5.92 Å². The normalized spacial score (nSPS) is 27.6. The second-order valence-corrected chi connectivity index (χ2v) is 5.53. The maximum Gasteiger partial charge on any atom is 0.228 e. The highest BCUT2D eigenvalue weighted by atomic mass is 35.5. The van der Waals surface area contributed by atoms with Gasteiger partial charge < -0.3 is 0 Å². The lowest BCUT2D eigenvalue weighted by atomic mass is 10.2. The lowest BCUT2D eigenvalue weighted by molar-refractivity contribution is 0.468. The van der Waals surface area contributed by atoms with Gasteiger partial charge in [0.05, 0.1) is 0 Å². The van der Waals surface area contributed by atoms with Gasteiger partial charge in [-0.2, -0.15) is 0 Å². The highest BCUT2D eigenvalue weighted by Crippen LogP contribution is 2.18. The van der Waals surface area contributed by atoms with Gasteiger partial charge in [-0.25, -0.2) is 12.7 Å². The van der Waals surface area contributed by atoms with E-state index in [4.69, 9.17) is 11.6 Å². The summed E-state index contributed by atoms with van der Waals surface area (Å²) in [4.78, 5) is 0. The van der Waals surface area contributed by atoms with Crippen molar-refractivity contribution in [3.05, 3.63) is 0 Å². The van der Waals surface area contributed by atoms with Gasteiger partial charge in [-0.05, 0) is 12.3 Å². The van der Waals surface area contributed by atoms with Crippen molar-refractivity contribution in [3.63, 3.8) is 0 Å². The maximum absolute atomic E-state index is 11.1. The lowest BCUT2D eigenvalue weighted by Crippen LogP contribution is -2.29. The van der Waals surface area contributed by atoms with Crippen molar-refractivity contribution in [2.24, 2.45) is 5.92 Å². The molecule has 0 saturated carbocycles. The Kier molecular flexibility index (Phi) is 2.78. The van der Waals surface area contributed by atoms with Gasteiger partial charge in [0.2, 0.25) is 10.0 Å². The van der Waals surface area contributed by atoms with Crippen molar-refractivity contribution in [2.45, 2.75) is 13.3 Å². The first-order chi connectivity index (χ1) is 5.06. The third kappa shape index (κ3) is 2.07. The molecule has 1 fully saturated rings. The molecule has 0 spiro atoms. The summed E-state index contributed by atoms with van der Waals surface area (Å²) in [5, 5.41) is -0.292. The van der Waals surface area contributed by atoms with E-state index >= 15 is 0 Å². The van der Waals surface area contributed by atoms with Crippen molar-refractivity contribution in [3.8, 4) is 0 Å². The van der Waals surface area contributed by atoms with Crippen LogP contribution in [0.25, 0.3) is 0 Å². The van der Waals surface area contributed by atoms with Crippen LogP contribution in [0.5, 0.6) is 0 Å². The number of hydrogen-bond donors (Lipinski definition) is 0. The predicted molar refractivity (Wildman–Crippen MR) is 45.0 cm³/mol. The zero-order chi connectivity index (χ0) is 8.48. The molecule has 0 aromatic rings. The topological polar surface area (TPSA) is 37.4 Å². The molecule has 5 heteroatoms. The van der Waals surface area contributed by atoms with E-state index in [2.05, 4.69) is 0 Å². The molecule has 1 heterocycles. The first kappa shape index (κ1) is 9.29. The fraction of sp³-hybridized carbons (Fsp3) is 1.00. The molecule has 0 amide bonds. The number of sulfonamides is 1. The van der Waals surface area contributed by atoms with Crippen LogP contribution in [-0.2, 0) is 10.0 Å². The van der Waals surface area contributed by atoms with Gasteiger partial charge in [0, 0.05) is 13.1 Å². The average Bonchev–Trinajstić information content (AvgIpc) is 2.36. The van der Waals surface area contributed by atoms with Crippen LogP contribution in [-0.4, -0.2) is 31.0 Å². The van der Waals surface area contributed by atoms with E-state index < -0.39 is 10.0 Å². The zero-order valence-corrected chi connectivity index (χ0v) is 8.03. The molecule has 1 aliphatic heterocycles. The number of alkyl halides is 1. The second kappa shape index (κ2) is 3.29. The van der Waals surface area contributed by atoms with Crippen molar-refractivity contribution in [1.82, 2.24) is 4.31 Å². The van der Waals surface area contributed by atoms with Gasteiger partial charge in [-0.3, -0.25) is 0 Å². The summed E-state index contributed by atoms with van der Waals surface area (Å²) in [6, 6.07) is 0. The molecule has 0 aliphatic carbocycles. The van der Waals surface area contributed by atoms with Crippen molar-refractivity contribution < 1.29 is 8.42 Å². The minimum absolute atomic E-state index is 0.292. The number of halogens is 1. The molecular formula is C6H12ClNO2S. The van der Waals surface area contributed by atoms with Gasteiger partial charge in [-0.15, -0.1) is 11.6 Å². The highest BCUT2D eigenvalue weighted by Gasteiger charge is 2.27.